The number of aromatic nitrogens is 1. The molecule has 3 nitrogen and oxygen atoms in total. The second-order valence-corrected chi connectivity index (χ2v) is 3.74. The number of aryl methyl sites for hydroxylation is 1. The van der Waals surface area contributed by atoms with E-state index in [4.69, 9.17) is 16.3 Å². The summed E-state index contributed by atoms with van der Waals surface area (Å²) in [7, 11) is 3.24. The van der Waals surface area contributed by atoms with Crippen LogP contribution in [0.1, 0.15) is 10.4 Å². The summed E-state index contributed by atoms with van der Waals surface area (Å²) < 4.78 is 6.56. The lowest BCUT2D eigenvalue weighted by atomic mass is 10.2. The minimum Gasteiger partial charge on any atom is -0.465 e. The number of hydrogen-bond acceptors (Lipinski definition) is 2. The van der Waals surface area contributed by atoms with Crippen molar-refractivity contribution in [2.45, 2.75) is 0 Å². The van der Waals surface area contributed by atoms with E-state index in [1.54, 1.807) is 12.3 Å². The monoisotopic (exact) mass is 223 g/mol. The van der Waals surface area contributed by atoms with Crippen LogP contribution in [0.15, 0.2) is 24.4 Å². The third kappa shape index (κ3) is 1.59. The first-order valence-electron chi connectivity index (χ1n) is 4.46. The van der Waals surface area contributed by atoms with Gasteiger partial charge < -0.3 is 9.30 Å². The molecule has 0 amide bonds. The molecule has 0 N–H and O–H groups in total. The number of halogens is 1. The molecule has 1 aromatic carbocycles. The molecule has 1 heterocycles. The van der Waals surface area contributed by atoms with Crippen LogP contribution in [-0.4, -0.2) is 17.6 Å². The Morgan fingerprint density at radius 2 is 2.20 bits per heavy atom. The van der Waals surface area contributed by atoms with Crippen molar-refractivity contribution in [2.24, 2.45) is 7.05 Å². The third-order valence-corrected chi connectivity index (χ3v) is 2.59. The molecular formula is C11H10ClNO2. The summed E-state index contributed by atoms with van der Waals surface area (Å²) in [6.07, 6.45) is 1.74. The van der Waals surface area contributed by atoms with Crippen LogP contribution >= 0.6 is 11.6 Å². The van der Waals surface area contributed by atoms with Crippen molar-refractivity contribution in [1.29, 1.82) is 0 Å². The number of ether oxygens (including phenoxy) is 1. The fourth-order valence-electron chi connectivity index (χ4n) is 1.63. The molecule has 2 rings (SSSR count). The van der Waals surface area contributed by atoms with E-state index in [0.29, 0.717) is 10.6 Å². The van der Waals surface area contributed by atoms with Crippen molar-refractivity contribution in [1.82, 2.24) is 4.57 Å². The van der Waals surface area contributed by atoms with Gasteiger partial charge >= 0.3 is 5.97 Å². The predicted octanol–water partition coefficient (Wildman–Crippen LogP) is 2.62. The minimum absolute atomic E-state index is 0.331. The fraction of sp³-hybridized carbons (Fsp3) is 0.182. The fourth-order valence-corrected chi connectivity index (χ4v) is 1.80. The number of rotatable bonds is 1. The predicted molar refractivity (Wildman–Crippen MR) is 59.3 cm³/mol. The van der Waals surface area contributed by atoms with E-state index >= 15 is 0 Å². The first-order chi connectivity index (χ1) is 7.13. The number of nitrogens with zero attached hydrogens (tertiary/aromatic N) is 1. The van der Waals surface area contributed by atoms with Crippen molar-refractivity contribution < 1.29 is 9.53 Å². The molecular weight excluding hydrogens is 214 g/mol. The third-order valence-electron chi connectivity index (χ3n) is 2.36. The topological polar surface area (TPSA) is 31.2 Å². The summed E-state index contributed by atoms with van der Waals surface area (Å²) >= 11 is 5.88. The molecule has 1 aromatic heterocycles. The smallest absolute Gasteiger partial charge is 0.340 e. The molecule has 0 aliphatic heterocycles. The maximum Gasteiger partial charge on any atom is 0.340 e. The van der Waals surface area contributed by atoms with Gasteiger partial charge in [-0.25, -0.2) is 4.79 Å². The number of carbonyl (C=O) groups is 1. The van der Waals surface area contributed by atoms with Gasteiger partial charge in [-0.1, -0.05) is 17.7 Å². The van der Waals surface area contributed by atoms with Crippen LogP contribution in [0.5, 0.6) is 0 Å². The largest absolute Gasteiger partial charge is 0.465 e. The minimum atomic E-state index is -0.331. The second kappa shape index (κ2) is 3.59. The van der Waals surface area contributed by atoms with E-state index < -0.39 is 0 Å². The zero-order chi connectivity index (χ0) is 11.0. The Morgan fingerprint density at radius 1 is 1.47 bits per heavy atom. The van der Waals surface area contributed by atoms with Crippen molar-refractivity contribution in [3.8, 4) is 0 Å². The Bertz CT molecular complexity index is 531. The van der Waals surface area contributed by atoms with Gasteiger partial charge in [0.2, 0.25) is 0 Å². The average molecular weight is 224 g/mol. The summed E-state index contributed by atoms with van der Waals surface area (Å²) in [5.74, 6) is -0.331. The van der Waals surface area contributed by atoms with Crippen molar-refractivity contribution in [2.75, 3.05) is 7.11 Å². The highest BCUT2D eigenvalue weighted by Crippen LogP contribution is 2.24. The van der Waals surface area contributed by atoms with Gasteiger partial charge in [0.05, 0.1) is 18.2 Å². The number of esters is 1. The van der Waals surface area contributed by atoms with Gasteiger partial charge in [-0.15, -0.1) is 0 Å². The lowest BCUT2D eigenvalue weighted by molar-refractivity contribution is 0.0603. The molecule has 0 bridgehead atoms. The maximum atomic E-state index is 11.5. The van der Waals surface area contributed by atoms with E-state index in [1.807, 2.05) is 23.7 Å². The van der Waals surface area contributed by atoms with Crippen molar-refractivity contribution in [3.05, 3.63) is 35.0 Å². The van der Waals surface area contributed by atoms with Gasteiger partial charge in [0.1, 0.15) is 0 Å². The molecule has 0 spiro atoms. The Hall–Kier alpha value is -1.48. The van der Waals surface area contributed by atoms with Crippen molar-refractivity contribution in [3.63, 3.8) is 0 Å². The van der Waals surface area contributed by atoms with Crippen LogP contribution in [0.4, 0.5) is 0 Å². The summed E-state index contributed by atoms with van der Waals surface area (Å²) in [6.45, 7) is 0. The van der Waals surface area contributed by atoms with Gasteiger partial charge in [-0.05, 0) is 12.1 Å². The number of hydrogen-bond donors (Lipinski definition) is 0. The number of carbonyl (C=O) groups excluding carboxylic acids is 1. The van der Waals surface area contributed by atoms with Crippen LogP contribution in [0.3, 0.4) is 0 Å². The molecule has 0 radical (unpaired) electrons. The van der Waals surface area contributed by atoms with Crippen molar-refractivity contribution >= 4 is 28.5 Å². The van der Waals surface area contributed by atoms with E-state index in [9.17, 15) is 4.79 Å². The number of benzene rings is 1. The van der Waals surface area contributed by atoms with Crippen LogP contribution in [-0.2, 0) is 11.8 Å². The number of fused-ring (bicyclic) bond motifs is 1. The molecule has 0 atom stereocenters. The molecule has 15 heavy (non-hydrogen) atoms. The van der Waals surface area contributed by atoms with E-state index in [2.05, 4.69) is 0 Å². The Labute approximate surface area is 92.2 Å². The number of methoxy groups -OCH3 is 1. The summed E-state index contributed by atoms with van der Waals surface area (Å²) in [5.41, 5.74) is 1.48. The lowest BCUT2D eigenvalue weighted by Crippen LogP contribution is -1.99. The van der Waals surface area contributed by atoms with E-state index in [0.717, 1.165) is 10.9 Å². The zero-order valence-electron chi connectivity index (χ0n) is 8.45. The van der Waals surface area contributed by atoms with Crippen LogP contribution in [0.2, 0.25) is 5.02 Å². The Morgan fingerprint density at radius 3 is 2.87 bits per heavy atom. The Balaban J connectivity index is 2.73. The maximum absolute atomic E-state index is 11.5. The van der Waals surface area contributed by atoms with E-state index in [-0.39, 0.29) is 5.97 Å². The Kier molecular flexibility index (Phi) is 2.40. The summed E-state index contributed by atoms with van der Waals surface area (Å²) in [4.78, 5) is 11.5. The summed E-state index contributed by atoms with van der Waals surface area (Å²) in [5, 5.41) is 1.51. The quantitative estimate of drug-likeness (QED) is 0.696. The SMILES string of the molecule is COC(=O)c1cn(C)c2cc(Cl)ccc12. The normalized spacial score (nSPS) is 10.6. The van der Waals surface area contributed by atoms with Gasteiger partial charge in [0.25, 0.3) is 0 Å². The molecule has 4 heteroatoms. The molecule has 0 fully saturated rings. The standard InChI is InChI=1S/C11H10ClNO2/c1-13-6-9(11(14)15-2)8-4-3-7(12)5-10(8)13/h3-6H,1-2H3. The van der Waals surface area contributed by atoms with Crippen LogP contribution in [0, 0.1) is 0 Å². The molecule has 0 saturated carbocycles. The van der Waals surface area contributed by atoms with Crippen LogP contribution in [0.25, 0.3) is 10.9 Å². The van der Waals surface area contributed by atoms with E-state index in [1.165, 1.54) is 7.11 Å². The molecule has 78 valence electrons. The molecule has 0 unspecified atom stereocenters. The van der Waals surface area contributed by atoms with Gasteiger partial charge in [0, 0.05) is 23.7 Å². The summed E-state index contributed by atoms with van der Waals surface area (Å²) in [6, 6.07) is 5.41. The highest BCUT2D eigenvalue weighted by Gasteiger charge is 2.13. The lowest BCUT2D eigenvalue weighted by Gasteiger charge is -1.97. The average Bonchev–Trinajstić information content (AvgIpc) is 2.55. The molecule has 0 aliphatic rings. The first kappa shape index (κ1) is 10.1. The molecule has 0 aliphatic carbocycles. The van der Waals surface area contributed by atoms with Gasteiger partial charge in [-0.2, -0.15) is 0 Å². The highest BCUT2D eigenvalue weighted by molar-refractivity contribution is 6.31. The first-order valence-corrected chi connectivity index (χ1v) is 4.84. The van der Waals surface area contributed by atoms with Gasteiger partial charge in [0.15, 0.2) is 0 Å². The van der Waals surface area contributed by atoms with Crippen LogP contribution < -0.4 is 0 Å². The highest BCUT2D eigenvalue weighted by atomic mass is 35.5. The second-order valence-electron chi connectivity index (χ2n) is 3.31. The zero-order valence-corrected chi connectivity index (χ0v) is 9.21. The molecule has 0 saturated heterocycles. The molecule has 2 aromatic rings. The van der Waals surface area contributed by atoms with Gasteiger partial charge in [-0.3, -0.25) is 0 Å².